The lowest BCUT2D eigenvalue weighted by atomic mass is 10.2. The van der Waals surface area contributed by atoms with Gasteiger partial charge in [0, 0.05) is 23.5 Å². The van der Waals surface area contributed by atoms with Crippen LogP contribution < -0.4 is 20.1 Å². The van der Waals surface area contributed by atoms with E-state index in [9.17, 15) is 4.39 Å². The van der Waals surface area contributed by atoms with Crippen molar-refractivity contribution in [3.63, 3.8) is 0 Å². The minimum Gasteiger partial charge on any atom is -0.489 e. The van der Waals surface area contributed by atoms with Gasteiger partial charge in [0.25, 0.3) is 0 Å². The number of nitrogens with one attached hydrogen (secondary N) is 2. The minimum absolute atomic E-state index is 0.0502. The third-order valence-corrected chi connectivity index (χ3v) is 5.43. The number of rotatable bonds is 10. The molecule has 5 rings (SSSR count). The first kappa shape index (κ1) is 23.8. The predicted octanol–water partition coefficient (Wildman–Crippen LogP) is 7.26. The standard InChI is InChI=1S/C30H25FN4O2/c31-28-19-32-30(34-25-14-8-16-27(18-25)37-21-23-11-5-2-6-12-23)35-29(28)33-24-13-7-15-26(17-24)36-20-22-9-3-1-4-10-22/h1-19H,20-21H2,(H2,32,33,34,35). The van der Waals surface area contributed by atoms with Crippen molar-refractivity contribution in [2.45, 2.75) is 13.2 Å². The lowest BCUT2D eigenvalue weighted by Gasteiger charge is -2.12. The molecule has 0 aliphatic heterocycles. The monoisotopic (exact) mass is 492 g/mol. The van der Waals surface area contributed by atoms with Crippen molar-refractivity contribution in [1.29, 1.82) is 0 Å². The van der Waals surface area contributed by atoms with Gasteiger partial charge < -0.3 is 20.1 Å². The summed E-state index contributed by atoms with van der Waals surface area (Å²) in [5, 5.41) is 6.13. The summed E-state index contributed by atoms with van der Waals surface area (Å²) < 4.78 is 26.3. The maximum atomic E-state index is 14.5. The molecule has 2 N–H and O–H groups in total. The molecular weight excluding hydrogens is 467 g/mol. The fourth-order valence-corrected chi connectivity index (χ4v) is 3.59. The molecular formula is C30H25FN4O2. The highest BCUT2D eigenvalue weighted by Crippen LogP contribution is 2.25. The summed E-state index contributed by atoms with van der Waals surface area (Å²) in [4.78, 5) is 8.40. The zero-order valence-corrected chi connectivity index (χ0v) is 20.0. The van der Waals surface area contributed by atoms with Crippen molar-refractivity contribution in [2.75, 3.05) is 10.6 Å². The van der Waals surface area contributed by atoms with Crippen LogP contribution in [0.3, 0.4) is 0 Å². The van der Waals surface area contributed by atoms with Crippen LogP contribution in [0, 0.1) is 5.82 Å². The topological polar surface area (TPSA) is 68.3 Å². The van der Waals surface area contributed by atoms with E-state index in [-0.39, 0.29) is 11.8 Å². The summed E-state index contributed by atoms with van der Waals surface area (Å²) in [6, 6.07) is 34.6. The molecule has 0 atom stereocenters. The number of nitrogens with zero attached hydrogens (tertiary/aromatic N) is 2. The lowest BCUT2D eigenvalue weighted by Crippen LogP contribution is -2.04. The third kappa shape index (κ3) is 6.82. The molecule has 0 amide bonds. The first-order valence-corrected chi connectivity index (χ1v) is 11.8. The van der Waals surface area contributed by atoms with E-state index in [0.29, 0.717) is 30.4 Å². The molecule has 1 aromatic heterocycles. The number of hydrogen-bond acceptors (Lipinski definition) is 6. The second-order valence-corrected chi connectivity index (χ2v) is 8.24. The molecule has 6 nitrogen and oxygen atoms in total. The molecule has 0 fully saturated rings. The number of aromatic nitrogens is 2. The number of halogens is 1. The van der Waals surface area contributed by atoms with Crippen LogP contribution in [-0.2, 0) is 13.2 Å². The molecule has 0 spiro atoms. The van der Waals surface area contributed by atoms with E-state index in [0.717, 1.165) is 23.0 Å². The van der Waals surface area contributed by atoms with Crippen molar-refractivity contribution < 1.29 is 13.9 Å². The van der Waals surface area contributed by atoms with Gasteiger partial charge in [0.1, 0.15) is 24.7 Å². The zero-order chi connectivity index (χ0) is 25.3. The fourth-order valence-electron chi connectivity index (χ4n) is 3.59. The second kappa shape index (κ2) is 11.7. The molecule has 0 aliphatic rings. The number of anilines is 4. The van der Waals surface area contributed by atoms with Gasteiger partial charge in [0.15, 0.2) is 11.6 Å². The van der Waals surface area contributed by atoms with Gasteiger partial charge in [-0.05, 0) is 35.4 Å². The first-order valence-electron chi connectivity index (χ1n) is 11.8. The molecule has 7 heteroatoms. The number of ether oxygens (including phenoxy) is 2. The summed E-state index contributed by atoms with van der Waals surface area (Å²) in [5.41, 5.74) is 3.51. The molecule has 0 aliphatic carbocycles. The summed E-state index contributed by atoms with van der Waals surface area (Å²) in [7, 11) is 0. The van der Waals surface area contributed by atoms with Crippen LogP contribution in [0.5, 0.6) is 11.5 Å². The average Bonchev–Trinajstić information content (AvgIpc) is 2.94. The molecule has 1 heterocycles. The van der Waals surface area contributed by atoms with E-state index in [1.807, 2.05) is 103 Å². The van der Waals surface area contributed by atoms with Gasteiger partial charge in [0.05, 0.1) is 6.20 Å². The van der Waals surface area contributed by atoms with Crippen molar-refractivity contribution in [1.82, 2.24) is 9.97 Å². The van der Waals surface area contributed by atoms with E-state index >= 15 is 0 Å². The van der Waals surface area contributed by atoms with E-state index in [2.05, 4.69) is 20.6 Å². The van der Waals surface area contributed by atoms with E-state index < -0.39 is 5.82 Å². The fraction of sp³-hybridized carbons (Fsp3) is 0.0667. The molecule has 0 bridgehead atoms. The Morgan fingerprint density at radius 3 is 1.73 bits per heavy atom. The van der Waals surface area contributed by atoms with Crippen LogP contribution in [-0.4, -0.2) is 9.97 Å². The van der Waals surface area contributed by atoms with Crippen molar-refractivity contribution in [3.05, 3.63) is 132 Å². The quantitative estimate of drug-likeness (QED) is 0.214. The van der Waals surface area contributed by atoms with Gasteiger partial charge in [-0.25, -0.2) is 9.37 Å². The lowest BCUT2D eigenvalue weighted by molar-refractivity contribution is 0.306. The van der Waals surface area contributed by atoms with Crippen molar-refractivity contribution >= 4 is 23.1 Å². The summed E-state index contributed by atoms with van der Waals surface area (Å²) in [6.07, 6.45) is 1.13. The molecule has 0 saturated heterocycles. The van der Waals surface area contributed by atoms with Crippen LogP contribution in [0.1, 0.15) is 11.1 Å². The molecule has 5 aromatic rings. The van der Waals surface area contributed by atoms with Gasteiger partial charge in [-0.2, -0.15) is 4.98 Å². The third-order valence-electron chi connectivity index (χ3n) is 5.43. The predicted molar refractivity (Wildman–Crippen MR) is 143 cm³/mol. The van der Waals surface area contributed by atoms with Crippen LogP contribution in [0.2, 0.25) is 0 Å². The first-order chi connectivity index (χ1) is 18.2. The Morgan fingerprint density at radius 1 is 0.622 bits per heavy atom. The smallest absolute Gasteiger partial charge is 0.229 e. The minimum atomic E-state index is -0.568. The van der Waals surface area contributed by atoms with Crippen molar-refractivity contribution in [2.24, 2.45) is 0 Å². The zero-order valence-electron chi connectivity index (χ0n) is 20.0. The molecule has 0 saturated carbocycles. The Balaban J connectivity index is 1.24. The molecule has 184 valence electrons. The Hall–Kier alpha value is -4.91. The molecule has 0 radical (unpaired) electrons. The van der Waals surface area contributed by atoms with Crippen LogP contribution in [0.4, 0.5) is 27.5 Å². The molecule has 4 aromatic carbocycles. The molecule has 37 heavy (non-hydrogen) atoms. The van der Waals surface area contributed by atoms with Crippen LogP contribution >= 0.6 is 0 Å². The second-order valence-electron chi connectivity index (χ2n) is 8.24. The maximum absolute atomic E-state index is 14.5. The Labute approximate surface area is 214 Å². The number of benzene rings is 4. The van der Waals surface area contributed by atoms with Gasteiger partial charge in [0.2, 0.25) is 5.95 Å². The number of hydrogen-bond donors (Lipinski definition) is 2. The summed E-state index contributed by atoms with van der Waals surface area (Å²) in [5.74, 6) is 1.09. The van der Waals surface area contributed by atoms with Gasteiger partial charge in [-0.15, -0.1) is 0 Å². The average molecular weight is 493 g/mol. The van der Waals surface area contributed by atoms with Crippen LogP contribution in [0.25, 0.3) is 0 Å². The van der Waals surface area contributed by atoms with E-state index in [1.54, 1.807) is 6.07 Å². The maximum Gasteiger partial charge on any atom is 0.229 e. The van der Waals surface area contributed by atoms with Crippen LogP contribution in [0.15, 0.2) is 115 Å². The highest BCUT2D eigenvalue weighted by atomic mass is 19.1. The SMILES string of the molecule is Fc1cnc(Nc2cccc(OCc3ccccc3)c2)nc1Nc1cccc(OCc2ccccc2)c1. The van der Waals surface area contributed by atoms with E-state index in [4.69, 9.17) is 9.47 Å². The van der Waals surface area contributed by atoms with Gasteiger partial charge >= 0.3 is 0 Å². The molecule has 0 unspecified atom stereocenters. The largest absolute Gasteiger partial charge is 0.489 e. The van der Waals surface area contributed by atoms with Gasteiger partial charge in [-0.3, -0.25) is 0 Å². The summed E-state index contributed by atoms with van der Waals surface area (Å²) >= 11 is 0. The highest BCUT2D eigenvalue weighted by Gasteiger charge is 2.09. The Kier molecular flexibility index (Phi) is 7.52. The normalized spacial score (nSPS) is 10.5. The van der Waals surface area contributed by atoms with E-state index in [1.165, 1.54) is 0 Å². The van der Waals surface area contributed by atoms with Gasteiger partial charge in [-0.1, -0.05) is 72.8 Å². The summed E-state index contributed by atoms with van der Waals surface area (Å²) in [6.45, 7) is 0.897. The highest BCUT2D eigenvalue weighted by molar-refractivity contribution is 5.61. The Bertz CT molecular complexity index is 1450. The Morgan fingerprint density at radius 2 is 1.16 bits per heavy atom. The van der Waals surface area contributed by atoms with Crippen molar-refractivity contribution in [3.8, 4) is 11.5 Å².